The standard InChI is InChI=1S/C17H18N3/c1-17(2,3)15-10-14-16-13-7-5-4-6-12(13)8-9-19(16)11-20(14)18-15/h4-10H,11H2,1-3H3/q+1. The van der Waals surface area contributed by atoms with Crippen molar-refractivity contribution in [2.45, 2.75) is 32.9 Å². The number of nitrogens with zero attached hydrogens (tertiary/aromatic N) is 3. The molecule has 0 fully saturated rings. The molecule has 0 amide bonds. The predicted molar refractivity (Wildman–Crippen MR) is 79.5 cm³/mol. The van der Waals surface area contributed by atoms with Crippen LogP contribution in [0, 0.1) is 0 Å². The monoisotopic (exact) mass is 264 g/mol. The molecule has 0 saturated heterocycles. The molecule has 3 heteroatoms. The Kier molecular flexibility index (Phi) is 2.15. The lowest BCUT2D eigenvalue weighted by atomic mass is 9.92. The summed E-state index contributed by atoms with van der Waals surface area (Å²) >= 11 is 0. The van der Waals surface area contributed by atoms with Gasteiger partial charge in [-0.25, -0.2) is 0 Å². The summed E-state index contributed by atoms with van der Waals surface area (Å²) in [5.41, 5.74) is 3.76. The van der Waals surface area contributed by atoms with Crippen LogP contribution in [0.2, 0.25) is 0 Å². The van der Waals surface area contributed by atoms with Gasteiger partial charge in [-0.2, -0.15) is 14.3 Å². The molecular weight excluding hydrogens is 246 g/mol. The third kappa shape index (κ3) is 1.52. The second-order valence-corrected chi connectivity index (χ2v) is 6.53. The summed E-state index contributed by atoms with van der Waals surface area (Å²) in [5, 5.41) is 7.36. The third-order valence-electron chi connectivity index (χ3n) is 4.01. The van der Waals surface area contributed by atoms with Crippen LogP contribution in [-0.4, -0.2) is 9.78 Å². The molecule has 0 unspecified atom stereocenters. The van der Waals surface area contributed by atoms with E-state index in [0.717, 1.165) is 12.4 Å². The van der Waals surface area contributed by atoms with Gasteiger partial charge in [0, 0.05) is 11.5 Å². The summed E-state index contributed by atoms with van der Waals surface area (Å²) in [6.45, 7) is 7.44. The average Bonchev–Trinajstić information content (AvgIpc) is 2.94. The number of rotatable bonds is 0. The van der Waals surface area contributed by atoms with Crippen LogP contribution in [-0.2, 0) is 12.1 Å². The fourth-order valence-electron chi connectivity index (χ4n) is 2.89. The van der Waals surface area contributed by atoms with Crippen molar-refractivity contribution >= 4 is 10.8 Å². The first-order valence-electron chi connectivity index (χ1n) is 7.04. The Morgan fingerprint density at radius 1 is 1.15 bits per heavy atom. The quantitative estimate of drug-likeness (QED) is 0.447. The molecule has 0 radical (unpaired) electrons. The van der Waals surface area contributed by atoms with E-state index in [0.29, 0.717) is 0 Å². The fourth-order valence-corrected chi connectivity index (χ4v) is 2.89. The maximum atomic E-state index is 4.78. The van der Waals surface area contributed by atoms with Gasteiger partial charge in [0.25, 0.3) is 0 Å². The largest absolute Gasteiger partial charge is 0.243 e. The van der Waals surface area contributed by atoms with Crippen LogP contribution in [0.15, 0.2) is 42.6 Å². The molecule has 1 aliphatic heterocycles. The molecule has 0 spiro atoms. The molecule has 3 heterocycles. The van der Waals surface area contributed by atoms with Gasteiger partial charge in [0.1, 0.15) is 5.69 Å². The molecule has 3 aromatic rings. The highest BCUT2D eigenvalue weighted by molar-refractivity contribution is 5.92. The van der Waals surface area contributed by atoms with Crippen LogP contribution < -0.4 is 4.57 Å². The van der Waals surface area contributed by atoms with Crippen LogP contribution in [0.1, 0.15) is 26.5 Å². The first-order valence-corrected chi connectivity index (χ1v) is 7.04. The van der Waals surface area contributed by atoms with E-state index < -0.39 is 0 Å². The second kappa shape index (κ2) is 3.69. The van der Waals surface area contributed by atoms with E-state index in [4.69, 9.17) is 5.10 Å². The minimum absolute atomic E-state index is 0.0900. The molecule has 100 valence electrons. The second-order valence-electron chi connectivity index (χ2n) is 6.53. The Hall–Kier alpha value is -2.16. The minimum atomic E-state index is 0.0900. The first-order chi connectivity index (χ1) is 9.54. The highest BCUT2D eigenvalue weighted by atomic mass is 15.4. The van der Waals surface area contributed by atoms with Crippen LogP contribution >= 0.6 is 0 Å². The lowest BCUT2D eigenvalue weighted by molar-refractivity contribution is -0.682. The molecule has 2 aromatic heterocycles. The molecule has 4 rings (SSSR count). The average molecular weight is 264 g/mol. The molecule has 1 aromatic carbocycles. The van der Waals surface area contributed by atoms with E-state index in [9.17, 15) is 0 Å². The highest BCUT2D eigenvalue weighted by Gasteiger charge is 2.32. The van der Waals surface area contributed by atoms with Gasteiger partial charge in [-0.1, -0.05) is 39.0 Å². The van der Waals surface area contributed by atoms with Crippen molar-refractivity contribution in [3.05, 3.63) is 48.3 Å². The van der Waals surface area contributed by atoms with E-state index in [1.54, 1.807) is 0 Å². The summed E-state index contributed by atoms with van der Waals surface area (Å²) < 4.78 is 4.39. The number of aromatic nitrogens is 3. The highest BCUT2D eigenvalue weighted by Crippen LogP contribution is 2.32. The Balaban J connectivity index is 2.01. The summed E-state index contributed by atoms with van der Waals surface area (Å²) in [6.07, 6.45) is 2.16. The number of pyridine rings is 1. The zero-order chi connectivity index (χ0) is 13.9. The van der Waals surface area contributed by atoms with Gasteiger partial charge in [-0.15, -0.1) is 0 Å². The molecule has 0 N–H and O–H groups in total. The number of hydrogen-bond donors (Lipinski definition) is 0. The Morgan fingerprint density at radius 3 is 2.75 bits per heavy atom. The summed E-state index contributed by atoms with van der Waals surface area (Å²) in [7, 11) is 0. The summed E-state index contributed by atoms with van der Waals surface area (Å²) in [5.74, 6) is 0. The van der Waals surface area contributed by atoms with Gasteiger partial charge in [-0.05, 0) is 17.5 Å². The lowest BCUT2D eigenvalue weighted by Gasteiger charge is -2.14. The maximum Gasteiger partial charge on any atom is 0.243 e. The van der Waals surface area contributed by atoms with Crippen LogP contribution in [0.4, 0.5) is 0 Å². The van der Waals surface area contributed by atoms with E-state index in [1.807, 2.05) is 0 Å². The van der Waals surface area contributed by atoms with E-state index in [-0.39, 0.29) is 5.41 Å². The van der Waals surface area contributed by atoms with Crippen molar-refractivity contribution in [3.8, 4) is 11.4 Å². The van der Waals surface area contributed by atoms with Crippen molar-refractivity contribution in [2.75, 3.05) is 0 Å². The fraction of sp³-hybridized carbons (Fsp3) is 0.294. The molecular formula is C17H18N3+. The van der Waals surface area contributed by atoms with E-state index in [1.165, 1.54) is 22.2 Å². The summed E-state index contributed by atoms with van der Waals surface area (Å²) in [4.78, 5) is 0. The van der Waals surface area contributed by atoms with Crippen molar-refractivity contribution in [1.29, 1.82) is 0 Å². The number of benzene rings is 1. The Labute approximate surface area is 118 Å². The lowest BCUT2D eigenvalue weighted by Crippen LogP contribution is -2.34. The first kappa shape index (κ1) is 11.6. The third-order valence-corrected chi connectivity index (χ3v) is 4.01. The van der Waals surface area contributed by atoms with Gasteiger partial charge >= 0.3 is 0 Å². The van der Waals surface area contributed by atoms with Gasteiger partial charge in [0.05, 0.1) is 11.1 Å². The summed E-state index contributed by atoms with van der Waals surface area (Å²) in [6, 6.07) is 13.0. The smallest absolute Gasteiger partial charge is 0.198 e. The SMILES string of the molecule is CC(C)(C)c1cc2n(n1)C[n+]1ccc3ccccc3c1-2. The molecule has 0 saturated carbocycles. The van der Waals surface area contributed by atoms with Crippen LogP contribution in [0.3, 0.4) is 0 Å². The molecule has 3 nitrogen and oxygen atoms in total. The van der Waals surface area contributed by atoms with Gasteiger partial charge in [0.15, 0.2) is 6.20 Å². The van der Waals surface area contributed by atoms with Gasteiger partial charge in [0.2, 0.25) is 12.4 Å². The van der Waals surface area contributed by atoms with Gasteiger partial charge in [-0.3, -0.25) is 0 Å². The Bertz CT molecular complexity index is 822. The van der Waals surface area contributed by atoms with Crippen LogP contribution in [0.25, 0.3) is 22.2 Å². The van der Waals surface area contributed by atoms with Gasteiger partial charge < -0.3 is 0 Å². The van der Waals surface area contributed by atoms with Crippen molar-refractivity contribution in [2.24, 2.45) is 0 Å². The van der Waals surface area contributed by atoms with Crippen molar-refractivity contribution in [3.63, 3.8) is 0 Å². The van der Waals surface area contributed by atoms with Crippen molar-refractivity contribution < 1.29 is 4.57 Å². The topological polar surface area (TPSA) is 21.7 Å². The molecule has 20 heavy (non-hydrogen) atoms. The van der Waals surface area contributed by atoms with E-state index in [2.05, 4.69) is 72.6 Å². The number of fused-ring (bicyclic) bond motifs is 5. The molecule has 0 atom stereocenters. The Morgan fingerprint density at radius 2 is 1.95 bits per heavy atom. The maximum absolute atomic E-state index is 4.78. The number of hydrogen-bond acceptors (Lipinski definition) is 1. The zero-order valence-electron chi connectivity index (χ0n) is 12.1. The predicted octanol–water partition coefficient (Wildman–Crippen LogP) is 3.11. The zero-order valence-corrected chi connectivity index (χ0v) is 12.1. The van der Waals surface area contributed by atoms with E-state index >= 15 is 0 Å². The molecule has 0 aliphatic carbocycles. The minimum Gasteiger partial charge on any atom is -0.198 e. The normalized spacial score (nSPS) is 13.6. The molecule has 1 aliphatic rings. The van der Waals surface area contributed by atoms with Crippen LogP contribution in [0.5, 0.6) is 0 Å². The van der Waals surface area contributed by atoms with Crippen molar-refractivity contribution in [1.82, 2.24) is 9.78 Å². The molecule has 0 bridgehead atoms.